The van der Waals surface area contributed by atoms with E-state index < -0.39 is 0 Å². The Morgan fingerprint density at radius 2 is 2.11 bits per heavy atom. The molecular weight excluding hydrogens is 543 g/mol. The van der Waals surface area contributed by atoms with Crippen LogP contribution < -0.4 is 10.1 Å². The van der Waals surface area contributed by atoms with E-state index >= 15 is 0 Å². The van der Waals surface area contributed by atoms with Gasteiger partial charge in [0.1, 0.15) is 17.4 Å². The summed E-state index contributed by atoms with van der Waals surface area (Å²) in [5.74, 6) is 1.11. The minimum absolute atomic E-state index is 0.108. The number of rotatable bonds is 9. The second-order valence-corrected chi connectivity index (χ2v) is 11.3. The number of carbonyl (C=O) groups is 2. The van der Waals surface area contributed by atoms with Gasteiger partial charge in [-0.25, -0.2) is 4.79 Å². The molecule has 0 radical (unpaired) electrons. The third-order valence-electron chi connectivity index (χ3n) is 5.75. The van der Waals surface area contributed by atoms with Crippen LogP contribution >= 0.6 is 46.3 Å². The predicted octanol–water partition coefficient (Wildman–Crippen LogP) is 5.79. The van der Waals surface area contributed by atoms with Gasteiger partial charge in [0.15, 0.2) is 11.0 Å². The second-order valence-electron chi connectivity index (χ2n) is 8.43. The number of nitrogens with one attached hydrogen (secondary N) is 1. The fraction of sp³-hybridized carbons (Fsp3) is 0.417. The lowest BCUT2D eigenvalue weighted by atomic mass is 9.88. The molecule has 0 bridgehead atoms. The summed E-state index contributed by atoms with van der Waals surface area (Å²) < 4.78 is 12.8. The highest BCUT2D eigenvalue weighted by atomic mass is 35.5. The summed E-state index contributed by atoms with van der Waals surface area (Å²) >= 11 is 14.8. The van der Waals surface area contributed by atoms with E-state index in [1.807, 2.05) is 0 Å². The van der Waals surface area contributed by atoms with Crippen molar-refractivity contribution in [2.75, 3.05) is 17.7 Å². The molecule has 36 heavy (non-hydrogen) atoms. The third kappa shape index (κ3) is 6.16. The van der Waals surface area contributed by atoms with Gasteiger partial charge in [-0.2, -0.15) is 0 Å². The van der Waals surface area contributed by atoms with Crippen LogP contribution in [-0.4, -0.2) is 39.0 Å². The molecule has 1 aliphatic rings. The first kappa shape index (κ1) is 26.8. The number of halogens is 2. The van der Waals surface area contributed by atoms with Gasteiger partial charge in [-0.3, -0.25) is 4.79 Å². The Morgan fingerprint density at radius 1 is 1.31 bits per heavy atom. The molecular formula is C24H26Cl2N4O4S2. The van der Waals surface area contributed by atoms with Crippen LogP contribution in [0, 0.1) is 5.92 Å². The molecule has 1 unspecified atom stereocenters. The summed E-state index contributed by atoms with van der Waals surface area (Å²) in [7, 11) is 1.80. The Hall–Kier alpha value is -2.27. The number of aromatic nitrogens is 3. The number of thiophene rings is 1. The summed E-state index contributed by atoms with van der Waals surface area (Å²) in [6.07, 6.45) is 2.74. The van der Waals surface area contributed by atoms with Gasteiger partial charge in [0.2, 0.25) is 5.91 Å². The largest absolute Gasteiger partial charge is 0.484 e. The van der Waals surface area contributed by atoms with Gasteiger partial charge in [0.05, 0.1) is 22.9 Å². The Balaban J connectivity index is 1.39. The van der Waals surface area contributed by atoms with Crippen LogP contribution in [0.2, 0.25) is 10.0 Å². The van der Waals surface area contributed by atoms with E-state index in [0.717, 1.165) is 29.7 Å². The van der Waals surface area contributed by atoms with E-state index in [-0.39, 0.29) is 30.8 Å². The van der Waals surface area contributed by atoms with E-state index in [1.54, 1.807) is 36.7 Å². The van der Waals surface area contributed by atoms with E-state index in [4.69, 9.17) is 32.7 Å². The number of fused-ring (bicyclic) bond motifs is 1. The first-order valence-corrected chi connectivity index (χ1v) is 14.0. The number of anilines is 1. The minimum Gasteiger partial charge on any atom is -0.484 e. The number of ether oxygens (including phenoxy) is 2. The van der Waals surface area contributed by atoms with Crippen molar-refractivity contribution in [3.63, 3.8) is 0 Å². The molecule has 0 spiro atoms. The molecule has 1 N–H and O–H groups in total. The van der Waals surface area contributed by atoms with E-state index in [1.165, 1.54) is 23.1 Å². The Kier molecular flexibility index (Phi) is 8.82. The number of hydrogen-bond acceptors (Lipinski definition) is 8. The molecule has 192 valence electrons. The lowest BCUT2D eigenvalue weighted by molar-refractivity contribution is -0.113. The molecule has 1 aliphatic carbocycles. The lowest BCUT2D eigenvalue weighted by Crippen LogP contribution is -2.18. The quantitative estimate of drug-likeness (QED) is 0.257. The molecule has 1 atom stereocenters. The Labute approximate surface area is 227 Å². The van der Waals surface area contributed by atoms with Gasteiger partial charge >= 0.3 is 5.97 Å². The van der Waals surface area contributed by atoms with E-state index in [2.05, 4.69) is 22.4 Å². The molecule has 0 saturated heterocycles. The molecule has 2 heterocycles. The number of nitrogens with zero attached hydrogens (tertiary/aromatic N) is 3. The molecule has 1 aromatic carbocycles. The van der Waals surface area contributed by atoms with Crippen molar-refractivity contribution in [3.8, 4) is 5.75 Å². The molecule has 12 heteroatoms. The van der Waals surface area contributed by atoms with Crippen LogP contribution in [0.4, 0.5) is 5.00 Å². The number of amides is 1. The molecule has 0 fully saturated rings. The number of esters is 1. The summed E-state index contributed by atoms with van der Waals surface area (Å²) in [5, 5.41) is 13.3. The van der Waals surface area contributed by atoms with Crippen LogP contribution in [0.1, 0.15) is 46.9 Å². The van der Waals surface area contributed by atoms with Gasteiger partial charge in [-0.15, -0.1) is 21.5 Å². The van der Waals surface area contributed by atoms with E-state index in [9.17, 15) is 9.59 Å². The fourth-order valence-corrected chi connectivity index (χ4v) is 6.49. The number of thioether (sulfide) groups is 1. The standard InChI is InChI=1S/C24H26Cl2N4O4S2/c1-4-33-23(32)21-15-7-5-13(2)9-18(15)36-22(21)27-20(31)12-35-24-29-28-19(30(24)3)11-34-17-8-6-14(25)10-16(17)26/h6,8,10,13H,4-5,7,9,11-12H2,1-3H3,(H,27,31). The highest BCUT2D eigenvalue weighted by molar-refractivity contribution is 7.99. The van der Waals surface area contributed by atoms with Crippen molar-refractivity contribution in [1.29, 1.82) is 0 Å². The van der Waals surface area contributed by atoms with Crippen LogP contribution in [0.3, 0.4) is 0 Å². The van der Waals surface area contributed by atoms with Gasteiger partial charge in [-0.05, 0) is 55.9 Å². The summed E-state index contributed by atoms with van der Waals surface area (Å²) in [6, 6.07) is 4.99. The molecule has 2 aromatic heterocycles. The van der Waals surface area contributed by atoms with Gasteiger partial charge < -0.3 is 19.4 Å². The maximum atomic E-state index is 12.8. The summed E-state index contributed by atoms with van der Waals surface area (Å²) in [6.45, 7) is 4.41. The van der Waals surface area contributed by atoms with Gasteiger partial charge in [0, 0.05) is 16.9 Å². The monoisotopic (exact) mass is 568 g/mol. The van der Waals surface area contributed by atoms with Crippen LogP contribution in [0.25, 0.3) is 0 Å². The lowest BCUT2D eigenvalue weighted by Gasteiger charge is -2.18. The van der Waals surface area contributed by atoms with Gasteiger partial charge in [-0.1, -0.05) is 41.9 Å². The fourth-order valence-electron chi connectivity index (χ4n) is 3.88. The Morgan fingerprint density at radius 3 is 2.86 bits per heavy atom. The maximum Gasteiger partial charge on any atom is 0.341 e. The second kappa shape index (κ2) is 11.9. The average molecular weight is 570 g/mol. The molecule has 1 amide bonds. The van der Waals surface area contributed by atoms with Crippen molar-refractivity contribution in [2.45, 2.75) is 44.9 Å². The molecule has 3 aromatic rings. The number of hydrogen-bond donors (Lipinski definition) is 1. The molecule has 8 nitrogen and oxygen atoms in total. The topological polar surface area (TPSA) is 95.3 Å². The van der Waals surface area contributed by atoms with Crippen molar-refractivity contribution >= 4 is 63.2 Å². The maximum absolute atomic E-state index is 12.8. The average Bonchev–Trinajstić information content (AvgIpc) is 3.36. The van der Waals surface area contributed by atoms with Crippen molar-refractivity contribution in [3.05, 3.63) is 50.1 Å². The molecule has 0 saturated carbocycles. The molecule has 4 rings (SSSR count). The normalized spacial score (nSPS) is 14.9. The zero-order valence-corrected chi connectivity index (χ0v) is 23.2. The number of benzene rings is 1. The summed E-state index contributed by atoms with van der Waals surface area (Å²) in [5.41, 5.74) is 1.51. The minimum atomic E-state index is -0.383. The van der Waals surface area contributed by atoms with E-state index in [0.29, 0.717) is 43.3 Å². The highest BCUT2D eigenvalue weighted by Gasteiger charge is 2.29. The first-order valence-electron chi connectivity index (χ1n) is 11.5. The summed E-state index contributed by atoms with van der Waals surface area (Å²) in [4.78, 5) is 26.6. The van der Waals surface area contributed by atoms with Crippen molar-refractivity contribution in [2.24, 2.45) is 13.0 Å². The molecule has 0 aliphatic heterocycles. The Bertz CT molecular complexity index is 1280. The zero-order chi connectivity index (χ0) is 25.8. The van der Waals surface area contributed by atoms with Crippen LogP contribution in [0.15, 0.2) is 23.4 Å². The van der Waals surface area contributed by atoms with Crippen molar-refractivity contribution < 1.29 is 19.1 Å². The van der Waals surface area contributed by atoms with Crippen molar-refractivity contribution in [1.82, 2.24) is 14.8 Å². The third-order valence-corrected chi connectivity index (χ3v) is 8.47. The first-order chi connectivity index (χ1) is 17.3. The SMILES string of the molecule is CCOC(=O)c1c(NC(=O)CSc2nnc(COc3ccc(Cl)cc3Cl)n2C)sc2c1CCC(C)C2. The zero-order valence-electron chi connectivity index (χ0n) is 20.1. The number of carbonyl (C=O) groups excluding carboxylic acids is 2. The smallest absolute Gasteiger partial charge is 0.341 e. The highest BCUT2D eigenvalue weighted by Crippen LogP contribution is 2.40. The van der Waals surface area contributed by atoms with Gasteiger partial charge in [0.25, 0.3) is 0 Å². The van der Waals surface area contributed by atoms with Crippen LogP contribution in [0.5, 0.6) is 5.75 Å². The van der Waals surface area contributed by atoms with Crippen LogP contribution in [-0.2, 0) is 36.0 Å². The predicted molar refractivity (Wildman–Crippen MR) is 143 cm³/mol.